The summed E-state index contributed by atoms with van der Waals surface area (Å²) < 4.78 is 9.46. The van der Waals surface area contributed by atoms with Crippen molar-refractivity contribution in [3.8, 4) is 0 Å². The number of hydrogen-bond acceptors (Lipinski definition) is 6. The van der Waals surface area contributed by atoms with Crippen molar-refractivity contribution >= 4 is 22.6 Å². The van der Waals surface area contributed by atoms with Gasteiger partial charge in [0.2, 0.25) is 5.13 Å². The normalized spacial score (nSPS) is 15.9. The smallest absolute Gasteiger partial charge is 0.205 e. The van der Waals surface area contributed by atoms with E-state index in [1.54, 1.807) is 7.11 Å². The average Bonchev–Trinajstić information content (AvgIpc) is 3.11. The van der Waals surface area contributed by atoms with E-state index in [1.807, 2.05) is 7.05 Å². The lowest BCUT2D eigenvalue weighted by Crippen LogP contribution is -2.52. The summed E-state index contributed by atoms with van der Waals surface area (Å²) >= 11 is 1.51. The number of hydrogen-bond donors (Lipinski definition) is 1. The Morgan fingerprint density at radius 1 is 1.25 bits per heavy atom. The third-order valence-electron chi connectivity index (χ3n) is 4.14. The van der Waals surface area contributed by atoms with Crippen LogP contribution in [0.25, 0.3) is 0 Å². The summed E-state index contributed by atoms with van der Waals surface area (Å²) in [5.41, 5.74) is 0. The van der Waals surface area contributed by atoms with Crippen molar-refractivity contribution in [2.75, 3.05) is 58.4 Å². The van der Waals surface area contributed by atoms with Crippen LogP contribution >= 0.6 is 11.5 Å². The summed E-state index contributed by atoms with van der Waals surface area (Å²) in [5.74, 6) is 1.95. The molecule has 1 aromatic heterocycles. The molecule has 1 saturated heterocycles. The van der Waals surface area contributed by atoms with E-state index in [1.165, 1.54) is 18.0 Å². The van der Waals surface area contributed by atoms with Gasteiger partial charge in [0, 0.05) is 71.4 Å². The Labute approximate surface area is 149 Å². The van der Waals surface area contributed by atoms with E-state index >= 15 is 0 Å². The Kier molecular flexibility index (Phi) is 8.24. The van der Waals surface area contributed by atoms with Crippen molar-refractivity contribution in [2.45, 2.75) is 32.6 Å². The van der Waals surface area contributed by atoms with Gasteiger partial charge < -0.3 is 19.9 Å². The molecule has 7 nitrogen and oxygen atoms in total. The van der Waals surface area contributed by atoms with Crippen LogP contribution in [0, 0.1) is 0 Å². The molecule has 0 amide bonds. The summed E-state index contributed by atoms with van der Waals surface area (Å²) in [5, 5.41) is 4.52. The first-order valence-corrected chi connectivity index (χ1v) is 9.57. The minimum Gasteiger partial charge on any atom is -0.385 e. The Morgan fingerprint density at radius 2 is 2.04 bits per heavy atom. The number of nitrogens with zero attached hydrogens (tertiary/aromatic N) is 5. The molecule has 1 aliphatic heterocycles. The molecule has 1 aliphatic rings. The second-order valence-corrected chi connectivity index (χ2v) is 6.58. The minimum absolute atomic E-state index is 0.849. The first-order chi connectivity index (χ1) is 11.8. The summed E-state index contributed by atoms with van der Waals surface area (Å²) in [7, 11) is 3.61. The van der Waals surface area contributed by atoms with Crippen LogP contribution in [0.3, 0.4) is 0 Å². The van der Waals surface area contributed by atoms with Gasteiger partial charge in [0.05, 0.1) is 0 Å². The first kappa shape index (κ1) is 18.9. The molecule has 1 fully saturated rings. The second-order valence-electron chi connectivity index (χ2n) is 5.85. The van der Waals surface area contributed by atoms with Crippen LogP contribution in [0.2, 0.25) is 0 Å². The van der Waals surface area contributed by atoms with E-state index in [2.05, 4.69) is 36.4 Å². The number of aromatic nitrogens is 2. The van der Waals surface area contributed by atoms with Crippen LogP contribution in [0.4, 0.5) is 5.13 Å². The molecule has 0 aromatic carbocycles. The van der Waals surface area contributed by atoms with Crippen LogP contribution in [-0.2, 0) is 11.2 Å². The number of methoxy groups -OCH3 is 1. The molecule has 0 aliphatic carbocycles. The van der Waals surface area contributed by atoms with Gasteiger partial charge in [-0.05, 0) is 19.3 Å². The summed E-state index contributed by atoms with van der Waals surface area (Å²) in [6.07, 6.45) is 4.35. The first-order valence-electron chi connectivity index (χ1n) is 8.80. The quantitative estimate of drug-likeness (QED) is 0.435. The lowest BCUT2D eigenvalue weighted by Gasteiger charge is -2.36. The Hall–Kier alpha value is -1.41. The van der Waals surface area contributed by atoms with E-state index in [9.17, 15) is 0 Å². The van der Waals surface area contributed by atoms with Gasteiger partial charge in [-0.15, -0.1) is 0 Å². The fourth-order valence-electron chi connectivity index (χ4n) is 2.71. The van der Waals surface area contributed by atoms with Gasteiger partial charge in [0.15, 0.2) is 5.96 Å². The molecular formula is C16H30N6OS. The van der Waals surface area contributed by atoms with Crippen molar-refractivity contribution in [3.05, 3.63) is 5.82 Å². The Morgan fingerprint density at radius 3 is 2.67 bits per heavy atom. The fraction of sp³-hybridized carbons (Fsp3) is 0.812. The van der Waals surface area contributed by atoms with Gasteiger partial charge >= 0.3 is 0 Å². The van der Waals surface area contributed by atoms with Gasteiger partial charge in [-0.3, -0.25) is 4.99 Å². The predicted octanol–water partition coefficient (Wildman–Crippen LogP) is 1.61. The molecule has 2 rings (SSSR count). The molecule has 0 radical (unpaired) electrons. The molecule has 1 aromatic rings. The summed E-state index contributed by atoms with van der Waals surface area (Å²) in [4.78, 5) is 13.7. The van der Waals surface area contributed by atoms with Crippen LogP contribution < -0.4 is 10.2 Å². The SMILES string of the molecule is CCc1nsc(N2CCN(C(=NC)NCCCCCOC)CC2)n1. The van der Waals surface area contributed by atoms with Crippen molar-refractivity contribution in [2.24, 2.45) is 4.99 Å². The molecule has 0 saturated carbocycles. The zero-order valence-corrected chi connectivity index (χ0v) is 15.9. The molecule has 0 bridgehead atoms. The molecule has 0 atom stereocenters. The number of piperazine rings is 1. The maximum absolute atomic E-state index is 5.08. The van der Waals surface area contributed by atoms with Crippen LogP contribution in [0.1, 0.15) is 32.0 Å². The van der Waals surface area contributed by atoms with Gasteiger partial charge in [0.25, 0.3) is 0 Å². The third-order valence-corrected chi connectivity index (χ3v) is 4.96. The fourth-order valence-corrected chi connectivity index (χ4v) is 3.51. The number of aliphatic imine (C=N–C) groups is 1. The van der Waals surface area contributed by atoms with Crippen molar-refractivity contribution in [1.82, 2.24) is 19.6 Å². The highest BCUT2D eigenvalue weighted by Crippen LogP contribution is 2.19. The predicted molar refractivity (Wildman–Crippen MR) is 100 cm³/mol. The Bertz CT molecular complexity index is 499. The second kappa shape index (κ2) is 10.5. The van der Waals surface area contributed by atoms with E-state index < -0.39 is 0 Å². The topological polar surface area (TPSA) is 65.9 Å². The van der Waals surface area contributed by atoms with Crippen molar-refractivity contribution < 1.29 is 4.74 Å². The lowest BCUT2D eigenvalue weighted by molar-refractivity contribution is 0.192. The molecule has 1 N–H and O–H groups in total. The van der Waals surface area contributed by atoms with E-state index in [0.29, 0.717) is 0 Å². The minimum atomic E-state index is 0.849. The number of guanidine groups is 1. The molecule has 0 unspecified atom stereocenters. The number of unbranched alkanes of at least 4 members (excludes halogenated alkanes) is 2. The molecule has 136 valence electrons. The summed E-state index contributed by atoms with van der Waals surface area (Å²) in [6, 6.07) is 0. The number of nitrogens with one attached hydrogen (secondary N) is 1. The zero-order valence-electron chi connectivity index (χ0n) is 15.1. The number of anilines is 1. The maximum Gasteiger partial charge on any atom is 0.205 e. The molecule has 24 heavy (non-hydrogen) atoms. The largest absolute Gasteiger partial charge is 0.385 e. The zero-order chi connectivity index (χ0) is 17.2. The van der Waals surface area contributed by atoms with Crippen LogP contribution in [0.5, 0.6) is 0 Å². The summed E-state index contributed by atoms with van der Waals surface area (Å²) in [6.45, 7) is 7.76. The number of aryl methyl sites for hydroxylation is 1. The maximum atomic E-state index is 5.08. The average molecular weight is 355 g/mol. The monoisotopic (exact) mass is 354 g/mol. The van der Waals surface area contributed by atoms with Gasteiger partial charge in [-0.25, -0.2) is 4.98 Å². The third kappa shape index (κ3) is 5.59. The lowest BCUT2D eigenvalue weighted by atomic mass is 10.2. The van der Waals surface area contributed by atoms with Crippen LogP contribution in [0.15, 0.2) is 4.99 Å². The van der Waals surface area contributed by atoms with Crippen molar-refractivity contribution in [3.63, 3.8) is 0 Å². The van der Waals surface area contributed by atoms with E-state index in [-0.39, 0.29) is 0 Å². The number of rotatable bonds is 8. The van der Waals surface area contributed by atoms with Gasteiger partial charge in [0.1, 0.15) is 5.82 Å². The molecular weight excluding hydrogens is 324 g/mol. The molecule has 8 heteroatoms. The standard InChI is InChI=1S/C16H30N6OS/c1-4-14-19-16(24-20-14)22-11-9-21(10-12-22)15(17-2)18-8-6-5-7-13-23-3/h4-13H2,1-3H3,(H,17,18). The van der Waals surface area contributed by atoms with E-state index in [4.69, 9.17) is 4.74 Å². The van der Waals surface area contributed by atoms with Crippen LogP contribution in [-0.4, -0.2) is 73.7 Å². The highest BCUT2D eigenvalue weighted by atomic mass is 32.1. The molecule has 2 heterocycles. The number of ether oxygens (including phenoxy) is 1. The highest BCUT2D eigenvalue weighted by Gasteiger charge is 2.21. The highest BCUT2D eigenvalue weighted by molar-refractivity contribution is 7.09. The van der Waals surface area contributed by atoms with Crippen molar-refractivity contribution in [1.29, 1.82) is 0 Å². The van der Waals surface area contributed by atoms with Gasteiger partial charge in [-0.2, -0.15) is 4.37 Å². The Balaban J connectivity index is 1.71. The van der Waals surface area contributed by atoms with Gasteiger partial charge in [-0.1, -0.05) is 6.92 Å². The van der Waals surface area contributed by atoms with E-state index in [0.717, 1.165) is 75.5 Å². The molecule has 0 spiro atoms.